The maximum absolute atomic E-state index is 12.3. The molecule has 1 amide bonds. The number of nitrogens with one attached hydrogen (secondary N) is 1. The number of aromatic nitrogens is 2. The molecule has 0 unspecified atom stereocenters. The lowest BCUT2D eigenvalue weighted by Gasteiger charge is -2.10. The Hall–Kier alpha value is -3.15. The van der Waals surface area contributed by atoms with Gasteiger partial charge in [-0.1, -0.05) is 45.7 Å². The number of ether oxygens (including phenoxy) is 1. The molecule has 140 valence electrons. The van der Waals surface area contributed by atoms with Crippen LogP contribution < -0.4 is 5.32 Å². The van der Waals surface area contributed by atoms with Gasteiger partial charge in [-0.05, 0) is 30.3 Å². The van der Waals surface area contributed by atoms with Gasteiger partial charge in [-0.2, -0.15) is 10.4 Å². The number of nitriles is 1. The number of hydrogen-bond acceptors (Lipinski definition) is 5. The molecule has 0 aliphatic heterocycles. The average molecular weight is 460 g/mol. The average Bonchev–Trinajstić information content (AvgIpc) is 3.11. The monoisotopic (exact) mass is 458 g/mol. The van der Waals surface area contributed by atoms with Crippen molar-refractivity contribution in [1.29, 1.82) is 5.26 Å². The molecule has 0 saturated carbocycles. The molecule has 1 aromatic heterocycles. The number of para-hydroxylation sites is 1. The number of nitrogens with zero attached hydrogens (tertiary/aromatic N) is 3. The number of hydrogen-bond donors (Lipinski definition) is 1. The number of carbonyl (C=O) groups is 2. The number of carbonyl (C=O) groups excluding carboxylic acids is 2. The van der Waals surface area contributed by atoms with E-state index in [1.54, 1.807) is 36.4 Å². The van der Waals surface area contributed by atoms with Gasteiger partial charge in [0.2, 0.25) is 0 Å². The predicted molar refractivity (Wildman–Crippen MR) is 106 cm³/mol. The summed E-state index contributed by atoms with van der Waals surface area (Å²) in [6, 6.07) is 15.7. The van der Waals surface area contributed by atoms with Gasteiger partial charge in [-0.25, -0.2) is 9.48 Å². The van der Waals surface area contributed by atoms with Crippen molar-refractivity contribution >= 4 is 45.2 Å². The highest BCUT2D eigenvalue weighted by molar-refractivity contribution is 9.10. The molecule has 0 saturated heterocycles. The number of benzene rings is 2. The Balaban J connectivity index is 1.72. The molecule has 0 atom stereocenters. The van der Waals surface area contributed by atoms with Gasteiger partial charge in [0, 0.05) is 4.47 Å². The van der Waals surface area contributed by atoms with Crippen molar-refractivity contribution < 1.29 is 14.3 Å². The van der Waals surface area contributed by atoms with Crippen LogP contribution in [-0.4, -0.2) is 28.3 Å². The van der Waals surface area contributed by atoms with Gasteiger partial charge in [0.05, 0.1) is 22.5 Å². The molecule has 0 aliphatic carbocycles. The fraction of sp³-hybridized carbons (Fsp3) is 0.0526. The molecule has 0 fully saturated rings. The summed E-state index contributed by atoms with van der Waals surface area (Å²) in [6.07, 6.45) is 1.34. The first-order valence-electron chi connectivity index (χ1n) is 7.95. The standard InChI is InChI=1S/C19H12BrClN4O3/c20-13-6-7-16(21)15(8-13)19(27)28-11-17(26)24-18-12(9-22)10-23-25(18)14-4-2-1-3-5-14/h1-8,10H,11H2,(H,24,26). The summed E-state index contributed by atoms with van der Waals surface area (Å²) in [4.78, 5) is 24.4. The molecule has 0 spiro atoms. The van der Waals surface area contributed by atoms with Gasteiger partial charge < -0.3 is 10.1 Å². The van der Waals surface area contributed by atoms with Crippen molar-refractivity contribution in [2.24, 2.45) is 0 Å². The zero-order valence-electron chi connectivity index (χ0n) is 14.2. The van der Waals surface area contributed by atoms with Crippen molar-refractivity contribution in [3.63, 3.8) is 0 Å². The van der Waals surface area contributed by atoms with E-state index in [9.17, 15) is 14.9 Å². The molecule has 0 aliphatic rings. The number of esters is 1. The summed E-state index contributed by atoms with van der Waals surface area (Å²) in [7, 11) is 0. The van der Waals surface area contributed by atoms with Crippen molar-refractivity contribution in [3.8, 4) is 11.8 Å². The van der Waals surface area contributed by atoms with Crippen LogP contribution >= 0.6 is 27.5 Å². The highest BCUT2D eigenvalue weighted by Gasteiger charge is 2.18. The molecular weight excluding hydrogens is 448 g/mol. The molecule has 9 heteroatoms. The summed E-state index contributed by atoms with van der Waals surface area (Å²) >= 11 is 9.22. The van der Waals surface area contributed by atoms with Gasteiger partial charge in [-0.3, -0.25) is 4.79 Å². The van der Waals surface area contributed by atoms with Crippen LogP contribution in [0.3, 0.4) is 0 Å². The summed E-state index contributed by atoms with van der Waals surface area (Å²) in [5, 5.41) is 16.2. The number of amides is 1. The van der Waals surface area contributed by atoms with Crippen LogP contribution in [0.4, 0.5) is 5.82 Å². The largest absolute Gasteiger partial charge is 0.452 e. The van der Waals surface area contributed by atoms with Crippen molar-refractivity contribution in [1.82, 2.24) is 9.78 Å². The lowest BCUT2D eigenvalue weighted by molar-refractivity contribution is -0.119. The first-order valence-corrected chi connectivity index (χ1v) is 9.12. The minimum absolute atomic E-state index is 0.135. The quantitative estimate of drug-likeness (QED) is 0.583. The summed E-state index contributed by atoms with van der Waals surface area (Å²) in [5.41, 5.74) is 0.978. The first-order chi connectivity index (χ1) is 13.5. The second-order valence-electron chi connectivity index (χ2n) is 5.51. The summed E-state index contributed by atoms with van der Waals surface area (Å²) in [5.74, 6) is -1.16. The van der Waals surface area contributed by atoms with Gasteiger partial charge >= 0.3 is 5.97 Å². The minimum Gasteiger partial charge on any atom is -0.452 e. The maximum Gasteiger partial charge on any atom is 0.340 e. The number of anilines is 1. The smallest absolute Gasteiger partial charge is 0.340 e. The highest BCUT2D eigenvalue weighted by Crippen LogP contribution is 2.22. The van der Waals surface area contributed by atoms with Crippen LogP contribution in [0.1, 0.15) is 15.9 Å². The Labute approximate surface area is 173 Å². The van der Waals surface area contributed by atoms with E-state index in [0.29, 0.717) is 10.2 Å². The lowest BCUT2D eigenvalue weighted by Crippen LogP contribution is -2.23. The van der Waals surface area contributed by atoms with E-state index in [0.717, 1.165) is 0 Å². The third-order valence-electron chi connectivity index (χ3n) is 3.63. The molecule has 7 nitrogen and oxygen atoms in total. The molecule has 1 heterocycles. The second-order valence-corrected chi connectivity index (χ2v) is 6.84. The van der Waals surface area contributed by atoms with Crippen LogP contribution in [0.25, 0.3) is 5.69 Å². The summed E-state index contributed by atoms with van der Waals surface area (Å²) in [6.45, 7) is -0.549. The Morgan fingerprint density at radius 2 is 2.00 bits per heavy atom. The van der Waals surface area contributed by atoms with Crippen molar-refractivity contribution in [2.45, 2.75) is 0 Å². The predicted octanol–water partition coefficient (Wildman–Crippen LogP) is 3.96. The zero-order chi connectivity index (χ0) is 20.1. The van der Waals surface area contributed by atoms with Crippen molar-refractivity contribution in [2.75, 3.05) is 11.9 Å². The fourth-order valence-corrected chi connectivity index (χ4v) is 2.90. The van der Waals surface area contributed by atoms with E-state index in [1.165, 1.54) is 16.9 Å². The highest BCUT2D eigenvalue weighted by atomic mass is 79.9. The van der Waals surface area contributed by atoms with E-state index in [1.807, 2.05) is 12.1 Å². The first kappa shape index (κ1) is 19.6. The Morgan fingerprint density at radius 3 is 2.71 bits per heavy atom. The van der Waals surface area contributed by atoms with Gasteiger partial charge in [-0.15, -0.1) is 0 Å². The van der Waals surface area contributed by atoms with Crippen LogP contribution in [0.2, 0.25) is 5.02 Å². The second kappa shape index (κ2) is 8.69. The van der Waals surface area contributed by atoms with E-state index < -0.39 is 18.5 Å². The molecule has 28 heavy (non-hydrogen) atoms. The van der Waals surface area contributed by atoms with E-state index in [2.05, 4.69) is 26.3 Å². The zero-order valence-corrected chi connectivity index (χ0v) is 16.6. The molecule has 1 N–H and O–H groups in total. The van der Waals surface area contributed by atoms with E-state index >= 15 is 0 Å². The Kier molecular flexibility index (Phi) is 6.09. The summed E-state index contributed by atoms with van der Waals surface area (Å²) < 4.78 is 7.10. The molecule has 0 bridgehead atoms. The molecular formula is C19H12BrClN4O3. The van der Waals surface area contributed by atoms with Gasteiger partial charge in [0.1, 0.15) is 11.6 Å². The van der Waals surface area contributed by atoms with Crippen LogP contribution in [0, 0.1) is 11.3 Å². The molecule has 0 radical (unpaired) electrons. The van der Waals surface area contributed by atoms with E-state index in [-0.39, 0.29) is 22.0 Å². The van der Waals surface area contributed by atoms with Crippen molar-refractivity contribution in [3.05, 3.63) is 75.4 Å². The topological polar surface area (TPSA) is 97.0 Å². The molecule has 3 rings (SSSR count). The molecule has 2 aromatic carbocycles. The van der Waals surface area contributed by atoms with Crippen LogP contribution in [-0.2, 0) is 9.53 Å². The SMILES string of the molecule is N#Cc1cnn(-c2ccccc2)c1NC(=O)COC(=O)c1cc(Br)ccc1Cl. The Morgan fingerprint density at radius 1 is 1.25 bits per heavy atom. The van der Waals surface area contributed by atoms with Gasteiger partial charge in [0.25, 0.3) is 5.91 Å². The van der Waals surface area contributed by atoms with E-state index in [4.69, 9.17) is 16.3 Å². The van der Waals surface area contributed by atoms with Crippen LogP contribution in [0.15, 0.2) is 59.2 Å². The Bertz CT molecular complexity index is 1080. The minimum atomic E-state index is -0.737. The maximum atomic E-state index is 12.3. The lowest BCUT2D eigenvalue weighted by atomic mass is 10.2. The number of halogens is 2. The fourth-order valence-electron chi connectivity index (χ4n) is 2.35. The molecule has 3 aromatic rings. The van der Waals surface area contributed by atoms with Crippen LogP contribution in [0.5, 0.6) is 0 Å². The normalized spacial score (nSPS) is 10.2. The number of rotatable bonds is 5. The third-order valence-corrected chi connectivity index (χ3v) is 4.45. The third kappa shape index (κ3) is 4.39. The van der Waals surface area contributed by atoms with Gasteiger partial charge in [0.15, 0.2) is 12.4 Å².